The van der Waals surface area contributed by atoms with E-state index in [4.69, 9.17) is 4.98 Å². The van der Waals surface area contributed by atoms with E-state index in [1.54, 1.807) is 18.3 Å². The molecule has 2 aromatic heterocycles. The number of Topliss-reactive ketones (excluding diaryl/α,β-unsaturated/α-hetero) is 1. The van der Waals surface area contributed by atoms with Gasteiger partial charge in [-0.05, 0) is 49.6 Å². The van der Waals surface area contributed by atoms with E-state index in [1.807, 2.05) is 62.4 Å². The Hall–Kier alpha value is -3.25. The van der Waals surface area contributed by atoms with Crippen molar-refractivity contribution < 1.29 is 4.79 Å². The van der Waals surface area contributed by atoms with Gasteiger partial charge in [-0.15, -0.1) is 0 Å². The molecule has 1 atom stereocenters. The quantitative estimate of drug-likeness (QED) is 0.245. The Morgan fingerprint density at radius 3 is 2.48 bits per heavy atom. The van der Waals surface area contributed by atoms with Crippen molar-refractivity contribution in [3.8, 4) is 5.82 Å². The maximum Gasteiger partial charge on any atom is 0.267 e. The highest BCUT2D eigenvalue weighted by molar-refractivity contribution is 8.00. The van der Waals surface area contributed by atoms with Gasteiger partial charge in [-0.1, -0.05) is 61.2 Å². The van der Waals surface area contributed by atoms with Crippen LogP contribution in [0.4, 0.5) is 0 Å². The molecule has 0 N–H and O–H groups in total. The van der Waals surface area contributed by atoms with Gasteiger partial charge < -0.3 is 0 Å². The van der Waals surface area contributed by atoms with E-state index in [0.29, 0.717) is 27.4 Å². The second kappa shape index (κ2) is 8.86. The minimum Gasteiger partial charge on any atom is -0.293 e. The summed E-state index contributed by atoms with van der Waals surface area (Å²) < 4.78 is 1.50. The number of ketones is 1. The molecular formula is C25H23N3O2S. The molecule has 2 aromatic carbocycles. The fourth-order valence-electron chi connectivity index (χ4n) is 3.34. The van der Waals surface area contributed by atoms with E-state index >= 15 is 0 Å². The first-order valence-corrected chi connectivity index (χ1v) is 11.1. The Labute approximate surface area is 185 Å². The van der Waals surface area contributed by atoms with Crippen molar-refractivity contribution in [1.29, 1.82) is 0 Å². The zero-order valence-corrected chi connectivity index (χ0v) is 18.5. The molecule has 4 rings (SSSR count). The summed E-state index contributed by atoms with van der Waals surface area (Å²) in [7, 11) is 0. The average Bonchev–Trinajstić information content (AvgIpc) is 2.80. The smallest absolute Gasteiger partial charge is 0.267 e. The van der Waals surface area contributed by atoms with Gasteiger partial charge in [0.05, 0.1) is 16.2 Å². The highest BCUT2D eigenvalue weighted by atomic mass is 32.2. The molecule has 0 saturated carbocycles. The van der Waals surface area contributed by atoms with Crippen LogP contribution >= 0.6 is 11.8 Å². The van der Waals surface area contributed by atoms with Crippen molar-refractivity contribution in [2.45, 2.75) is 37.6 Å². The summed E-state index contributed by atoms with van der Waals surface area (Å²) in [5.74, 6) is 0.488. The van der Waals surface area contributed by atoms with Gasteiger partial charge >= 0.3 is 0 Å². The lowest BCUT2D eigenvalue weighted by atomic mass is 10.1. The Morgan fingerprint density at radius 1 is 1.06 bits per heavy atom. The SMILES string of the molecule is CCc1ccc(C(=O)C(C)Sc2nc3ccccc3c(=O)n2-c2ccc(C)cn2)cc1. The molecule has 0 radical (unpaired) electrons. The summed E-state index contributed by atoms with van der Waals surface area (Å²) in [5.41, 5.74) is 3.24. The molecule has 31 heavy (non-hydrogen) atoms. The van der Waals surface area contributed by atoms with Gasteiger partial charge in [0.1, 0.15) is 5.82 Å². The van der Waals surface area contributed by atoms with Crippen molar-refractivity contribution >= 4 is 28.4 Å². The average molecular weight is 430 g/mol. The maximum absolute atomic E-state index is 13.3. The lowest BCUT2D eigenvalue weighted by molar-refractivity contribution is 0.0994. The molecule has 0 aliphatic rings. The van der Waals surface area contributed by atoms with Crippen LogP contribution in [0.3, 0.4) is 0 Å². The number of hydrogen-bond acceptors (Lipinski definition) is 5. The molecule has 0 aliphatic carbocycles. The predicted molar refractivity (Wildman–Crippen MR) is 125 cm³/mol. The topological polar surface area (TPSA) is 64.8 Å². The molecule has 1 unspecified atom stereocenters. The third kappa shape index (κ3) is 4.30. The molecule has 0 fully saturated rings. The van der Waals surface area contributed by atoms with Crippen LogP contribution in [0.2, 0.25) is 0 Å². The second-order valence-electron chi connectivity index (χ2n) is 7.42. The van der Waals surface area contributed by atoms with Crippen molar-refractivity contribution in [1.82, 2.24) is 14.5 Å². The summed E-state index contributed by atoms with van der Waals surface area (Å²) in [5, 5.41) is 0.548. The normalized spacial score (nSPS) is 12.1. The lowest BCUT2D eigenvalue weighted by Gasteiger charge is -2.15. The standard InChI is InChI=1S/C25H23N3O2S/c1-4-18-10-12-19(13-11-18)23(29)17(3)31-25-27-21-8-6-5-7-20(21)24(30)28(25)22-14-9-16(2)15-26-22/h5-15,17H,4H2,1-3H3. The van der Waals surface area contributed by atoms with Crippen LogP contribution in [0.15, 0.2) is 76.8 Å². The largest absolute Gasteiger partial charge is 0.293 e. The first kappa shape index (κ1) is 21.0. The molecular weight excluding hydrogens is 406 g/mol. The summed E-state index contributed by atoms with van der Waals surface area (Å²) in [4.78, 5) is 35.5. The summed E-state index contributed by atoms with van der Waals surface area (Å²) >= 11 is 1.27. The second-order valence-corrected chi connectivity index (χ2v) is 8.73. The number of rotatable bonds is 6. The number of hydrogen-bond donors (Lipinski definition) is 0. The molecule has 2 heterocycles. The Bertz CT molecular complexity index is 1300. The molecule has 156 valence electrons. The zero-order valence-electron chi connectivity index (χ0n) is 17.7. The number of carbonyl (C=O) groups excluding carboxylic acids is 1. The number of carbonyl (C=O) groups is 1. The molecule has 0 amide bonds. The number of benzene rings is 2. The molecule has 5 nitrogen and oxygen atoms in total. The predicted octanol–water partition coefficient (Wildman–Crippen LogP) is 5.02. The van der Waals surface area contributed by atoms with Crippen LogP contribution in [-0.4, -0.2) is 25.6 Å². The van der Waals surface area contributed by atoms with Crippen LogP contribution in [-0.2, 0) is 6.42 Å². The molecule has 0 aliphatic heterocycles. The third-order valence-corrected chi connectivity index (χ3v) is 6.22. The Kier molecular flexibility index (Phi) is 6.00. The third-order valence-electron chi connectivity index (χ3n) is 5.17. The fraction of sp³-hybridized carbons (Fsp3) is 0.200. The molecule has 0 saturated heterocycles. The highest BCUT2D eigenvalue weighted by Crippen LogP contribution is 2.26. The van der Waals surface area contributed by atoms with E-state index in [0.717, 1.165) is 12.0 Å². The minimum atomic E-state index is -0.419. The number of nitrogens with zero attached hydrogens (tertiary/aromatic N) is 3. The molecule has 0 spiro atoms. The summed E-state index contributed by atoms with van der Waals surface area (Å²) in [6.07, 6.45) is 2.64. The summed E-state index contributed by atoms with van der Waals surface area (Å²) in [6.45, 7) is 5.87. The molecule has 4 aromatic rings. The van der Waals surface area contributed by atoms with Gasteiger partial charge in [-0.2, -0.15) is 0 Å². The van der Waals surface area contributed by atoms with Crippen molar-refractivity contribution in [3.63, 3.8) is 0 Å². The first-order valence-electron chi connectivity index (χ1n) is 10.2. The number of para-hydroxylation sites is 1. The number of aromatic nitrogens is 3. The van der Waals surface area contributed by atoms with E-state index in [2.05, 4.69) is 11.9 Å². The van der Waals surface area contributed by atoms with Gasteiger partial charge in [-0.3, -0.25) is 9.59 Å². The Balaban J connectivity index is 1.76. The lowest BCUT2D eigenvalue weighted by Crippen LogP contribution is -2.24. The zero-order chi connectivity index (χ0) is 22.0. The van der Waals surface area contributed by atoms with Crippen LogP contribution in [0, 0.1) is 6.92 Å². The Morgan fingerprint density at radius 2 is 1.81 bits per heavy atom. The van der Waals surface area contributed by atoms with Crippen LogP contribution in [0.1, 0.15) is 35.3 Å². The highest BCUT2D eigenvalue weighted by Gasteiger charge is 2.21. The molecule has 6 heteroatoms. The van der Waals surface area contributed by atoms with Crippen LogP contribution in [0.5, 0.6) is 0 Å². The van der Waals surface area contributed by atoms with Crippen LogP contribution in [0.25, 0.3) is 16.7 Å². The van der Waals surface area contributed by atoms with E-state index in [-0.39, 0.29) is 11.3 Å². The van der Waals surface area contributed by atoms with E-state index in [1.165, 1.54) is 21.9 Å². The van der Waals surface area contributed by atoms with Crippen molar-refractivity contribution in [3.05, 3.63) is 93.9 Å². The maximum atomic E-state index is 13.3. The number of fused-ring (bicyclic) bond motifs is 1. The first-order chi connectivity index (χ1) is 15.0. The van der Waals surface area contributed by atoms with Crippen LogP contribution < -0.4 is 5.56 Å². The van der Waals surface area contributed by atoms with Gasteiger partial charge in [0.2, 0.25) is 0 Å². The monoisotopic (exact) mass is 429 g/mol. The van der Waals surface area contributed by atoms with Crippen molar-refractivity contribution in [2.24, 2.45) is 0 Å². The number of pyridine rings is 1. The van der Waals surface area contributed by atoms with Gasteiger partial charge in [0.25, 0.3) is 5.56 Å². The molecule has 0 bridgehead atoms. The van der Waals surface area contributed by atoms with E-state index in [9.17, 15) is 9.59 Å². The van der Waals surface area contributed by atoms with Gasteiger partial charge in [0.15, 0.2) is 10.9 Å². The fourth-order valence-corrected chi connectivity index (χ4v) is 4.33. The van der Waals surface area contributed by atoms with Gasteiger partial charge in [-0.25, -0.2) is 14.5 Å². The van der Waals surface area contributed by atoms with Crippen molar-refractivity contribution in [2.75, 3.05) is 0 Å². The minimum absolute atomic E-state index is 0.00141. The van der Waals surface area contributed by atoms with E-state index < -0.39 is 5.25 Å². The number of aryl methyl sites for hydroxylation is 2. The summed E-state index contributed by atoms with van der Waals surface area (Å²) in [6, 6.07) is 18.6. The van der Waals surface area contributed by atoms with Gasteiger partial charge in [0, 0.05) is 11.8 Å². The number of thioether (sulfide) groups is 1.